The molecule has 1 heterocycles. The summed E-state index contributed by atoms with van der Waals surface area (Å²) in [6, 6.07) is 13.1. The summed E-state index contributed by atoms with van der Waals surface area (Å²) in [5, 5.41) is 8.20. The molecule has 0 fully saturated rings. The number of hydrogen-bond donors (Lipinski definition) is 3. The molecule has 3 aromatic rings. The molecule has 0 saturated carbocycles. The Balaban J connectivity index is 1.54. The summed E-state index contributed by atoms with van der Waals surface area (Å²) in [5.41, 5.74) is 8.36. The van der Waals surface area contributed by atoms with E-state index in [9.17, 15) is 4.79 Å². The van der Waals surface area contributed by atoms with Gasteiger partial charge in [-0.1, -0.05) is 24.3 Å². The lowest BCUT2D eigenvalue weighted by Gasteiger charge is -2.11. The largest absolute Gasteiger partial charge is 0.496 e. The van der Waals surface area contributed by atoms with Crippen LogP contribution in [0.5, 0.6) is 17.2 Å². The molecule has 0 bridgehead atoms. The molecule has 2 aromatic carbocycles. The topological polar surface area (TPSA) is 120 Å². The van der Waals surface area contributed by atoms with Crippen LogP contribution in [0.2, 0.25) is 0 Å². The van der Waals surface area contributed by atoms with Gasteiger partial charge >= 0.3 is 0 Å². The predicted octanol–water partition coefficient (Wildman–Crippen LogP) is 2.95. The molecule has 4 N–H and O–H groups in total. The molecule has 0 radical (unpaired) electrons. The Morgan fingerprint density at radius 3 is 2.39 bits per heavy atom. The number of amides is 1. The van der Waals surface area contributed by atoms with E-state index >= 15 is 0 Å². The minimum atomic E-state index is -0.136. The SMILES string of the molecule is COc1ccccc1CNC(=O)Cc1csc(NC(N)=NCc2c(OC)cccc2OC)n1. The van der Waals surface area contributed by atoms with Crippen molar-refractivity contribution in [1.82, 2.24) is 10.3 Å². The molecule has 10 heteroatoms. The van der Waals surface area contributed by atoms with Crippen molar-refractivity contribution in [3.63, 3.8) is 0 Å². The monoisotopic (exact) mass is 469 g/mol. The zero-order chi connectivity index (χ0) is 23.6. The maximum Gasteiger partial charge on any atom is 0.226 e. The van der Waals surface area contributed by atoms with Crippen LogP contribution in [0.3, 0.4) is 0 Å². The Hall–Kier alpha value is -3.79. The third kappa shape index (κ3) is 6.59. The molecular formula is C23H27N5O4S. The van der Waals surface area contributed by atoms with Crippen LogP contribution in [0.15, 0.2) is 52.8 Å². The van der Waals surface area contributed by atoms with Crippen molar-refractivity contribution < 1.29 is 19.0 Å². The number of thiazole rings is 1. The third-order valence-electron chi connectivity index (χ3n) is 4.73. The third-order valence-corrected chi connectivity index (χ3v) is 5.54. The number of hydrogen-bond acceptors (Lipinski definition) is 7. The first-order chi connectivity index (χ1) is 16.0. The van der Waals surface area contributed by atoms with E-state index in [0.717, 1.165) is 16.9 Å². The number of aliphatic imine (C=N–C) groups is 1. The number of anilines is 1. The van der Waals surface area contributed by atoms with Crippen molar-refractivity contribution >= 4 is 28.3 Å². The summed E-state index contributed by atoms with van der Waals surface area (Å²) in [6.45, 7) is 0.652. The minimum Gasteiger partial charge on any atom is -0.496 e. The van der Waals surface area contributed by atoms with Crippen molar-refractivity contribution in [2.45, 2.75) is 19.5 Å². The molecule has 1 aromatic heterocycles. The summed E-state index contributed by atoms with van der Waals surface area (Å²) < 4.78 is 16.1. The summed E-state index contributed by atoms with van der Waals surface area (Å²) in [5.74, 6) is 2.13. The maximum atomic E-state index is 12.3. The molecular weight excluding hydrogens is 442 g/mol. The molecule has 33 heavy (non-hydrogen) atoms. The van der Waals surface area contributed by atoms with Crippen LogP contribution < -0.4 is 30.6 Å². The number of para-hydroxylation sites is 1. The Kier molecular flexibility index (Phi) is 8.48. The van der Waals surface area contributed by atoms with E-state index in [-0.39, 0.29) is 24.8 Å². The Morgan fingerprint density at radius 1 is 1.03 bits per heavy atom. The molecule has 0 spiro atoms. The van der Waals surface area contributed by atoms with Crippen LogP contribution in [0, 0.1) is 0 Å². The van der Waals surface area contributed by atoms with Crippen molar-refractivity contribution in [1.29, 1.82) is 0 Å². The van der Waals surface area contributed by atoms with Gasteiger partial charge in [0.05, 0.1) is 45.6 Å². The van der Waals surface area contributed by atoms with Gasteiger partial charge in [0.2, 0.25) is 5.91 Å². The minimum absolute atomic E-state index is 0.136. The fraction of sp³-hybridized carbons (Fsp3) is 0.261. The van der Waals surface area contributed by atoms with Crippen LogP contribution in [-0.4, -0.2) is 38.2 Å². The number of rotatable bonds is 10. The highest BCUT2D eigenvalue weighted by molar-refractivity contribution is 7.13. The zero-order valence-corrected chi connectivity index (χ0v) is 19.6. The molecule has 0 aliphatic rings. The molecule has 0 saturated heterocycles. The van der Waals surface area contributed by atoms with Crippen LogP contribution in [0.4, 0.5) is 5.13 Å². The van der Waals surface area contributed by atoms with Gasteiger partial charge in [0.25, 0.3) is 0 Å². The van der Waals surface area contributed by atoms with E-state index in [4.69, 9.17) is 19.9 Å². The van der Waals surface area contributed by atoms with Crippen molar-refractivity contribution in [2.75, 3.05) is 26.6 Å². The van der Waals surface area contributed by atoms with Gasteiger partial charge < -0.3 is 30.6 Å². The second-order valence-electron chi connectivity index (χ2n) is 6.88. The van der Waals surface area contributed by atoms with Gasteiger partial charge in [-0.2, -0.15) is 0 Å². The van der Waals surface area contributed by atoms with E-state index in [1.807, 2.05) is 47.8 Å². The number of methoxy groups -OCH3 is 3. The second kappa shape index (κ2) is 11.7. The average molecular weight is 470 g/mol. The lowest BCUT2D eigenvalue weighted by atomic mass is 10.2. The smallest absolute Gasteiger partial charge is 0.226 e. The number of nitrogens with two attached hydrogens (primary N) is 1. The van der Waals surface area contributed by atoms with E-state index < -0.39 is 0 Å². The molecule has 0 aliphatic carbocycles. The number of benzene rings is 2. The van der Waals surface area contributed by atoms with E-state index in [1.165, 1.54) is 11.3 Å². The van der Waals surface area contributed by atoms with Gasteiger partial charge in [0, 0.05) is 17.5 Å². The van der Waals surface area contributed by atoms with Crippen molar-refractivity contribution in [3.8, 4) is 17.2 Å². The Labute approximate surface area is 196 Å². The Morgan fingerprint density at radius 2 is 1.70 bits per heavy atom. The lowest BCUT2D eigenvalue weighted by molar-refractivity contribution is -0.120. The molecule has 3 rings (SSSR count). The van der Waals surface area contributed by atoms with Crippen molar-refractivity contribution in [2.24, 2.45) is 10.7 Å². The van der Waals surface area contributed by atoms with Gasteiger partial charge in [-0.25, -0.2) is 9.98 Å². The highest BCUT2D eigenvalue weighted by Crippen LogP contribution is 2.29. The summed E-state index contributed by atoms with van der Waals surface area (Å²) >= 11 is 1.34. The number of aromatic nitrogens is 1. The zero-order valence-electron chi connectivity index (χ0n) is 18.8. The number of nitrogens with one attached hydrogen (secondary N) is 2. The van der Waals surface area contributed by atoms with Crippen LogP contribution in [0.25, 0.3) is 0 Å². The summed E-state index contributed by atoms with van der Waals surface area (Å²) in [7, 11) is 4.78. The first-order valence-corrected chi connectivity index (χ1v) is 11.0. The van der Waals surface area contributed by atoms with Gasteiger partial charge in [-0.3, -0.25) is 4.79 Å². The number of carbonyl (C=O) groups is 1. The van der Waals surface area contributed by atoms with Gasteiger partial charge in [-0.05, 0) is 18.2 Å². The first-order valence-electron chi connectivity index (χ1n) is 10.1. The molecule has 0 atom stereocenters. The predicted molar refractivity (Wildman–Crippen MR) is 129 cm³/mol. The first kappa shape index (κ1) is 23.9. The van der Waals surface area contributed by atoms with E-state index in [1.54, 1.807) is 21.3 Å². The molecule has 1 amide bonds. The highest BCUT2D eigenvalue weighted by atomic mass is 32.1. The van der Waals surface area contributed by atoms with E-state index in [2.05, 4.69) is 20.6 Å². The molecule has 0 aliphatic heterocycles. The maximum absolute atomic E-state index is 12.3. The number of guanidine groups is 1. The summed E-state index contributed by atoms with van der Waals surface area (Å²) in [4.78, 5) is 21.1. The number of ether oxygens (including phenoxy) is 3. The standard InChI is InChI=1S/C23H27N5O4S/c1-30-18-8-5-4-7-15(18)12-25-21(29)11-16-14-33-23(27-16)28-22(24)26-13-17-19(31-2)9-6-10-20(17)32-3/h4-10,14H,11-13H2,1-3H3,(H,25,29)(H3,24,26,27,28). The fourth-order valence-corrected chi connectivity index (χ4v) is 3.83. The lowest BCUT2D eigenvalue weighted by Crippen LogP contribution is -2.25. The second-order valence-corrected chi connectivity index (χ2v) is 7.74. The van der Waals surface area contributed by atoms with Gasteiger partial charge in [0.1, 0.15) is 17.2 Å². The number of carbonyl (C=O) groups excluding carboxylic acids is 1. The average Bonchev–Trinajstić information content (AvgIpc) is 3.27. The normalized spacial score (nSPS) is 11.1. The molecule has 0 unspecified atom stereocenters. The van der Waals surface area contributed by atoms with Gasteiger partial charge in [0.15, 0.2) is 11.1 Å². The van der Waals surface area contributed by atoms with Crippen LogP contribution in [0.1, 0.15) is 16.8 Å². The van der Waals surface area contributed by atoms with E-state index in [0.29, 0.717) is 28.9 Å². The Bertz CT molecular complexity index is 1090. The summed E-state index contributed by atoms with van der Waals surface area (Å²) in [6.07, 6.45) is 0.156. The molecule has 9 nitrogen and oxygen atoms in total. The number of nitrogens with zero attached hydrogens (tertiary/aromatic N) is 2. The van der Waals surface area contributed by atoms with Crippen LogP contribution in [-0.2, 0) is 24.3 Å². The highest BCUT2D eigenvalue weighted by Gasteiger charge is 2.11. The fourth-order valence-electron chi connectivity index (χ4n) is 3.11. The quantitative estimate of drug-likeness (QED) is 0.308. The van der Waals surface area contributed by atoms with Crippen molar-refractivity contribution in [3.05, 3.63) is 64.7 Å². The van der Waals surface area contributed by atoms with Crippen LogP contribution >= 0.6 is 11.3 Å². The molecule has 174 valence electrons. The van der Waals surface area contributed by atoms with Gasteiger partial charge in [-0.15, -0.1) is 11.3 Å².